The van der Waals surface area contributed by atoms with Crippen LogP contribution in [0.2, 0.25) is 0 Å². The third-order valence-electron chi connectivity index (χ3n) is 3.41. The van der Waals surface area contributed by atoms with Gasteiger partial charge in [-0.1, -0.05) is 33.1 Å². The molecule has 0 fully saturated rings. The average Bonchev–Trinajstić information content (AvgIpc) is 2.80. The van der Waals surface area contributed by atoms with E-state index in [9.17, 15) is 13.2 Å². The van der Waals surface area contributed by atoms with Gasteiger partial charge in [0.05, 0.1) is 0 Å². The fourth-order valence-electron chi connectivity index (χ4n) is 2.14. The third kappa shape index (κ3) is 4.90. The normalized spacial score (nSPS) is 15.5. The van der Waals surface area contributed by atoms with Crippen LogP contribution in [0.5, 0.6) is 0 Å². The Morgan fingerprint density at radius 1 is 1.32 bits per heavy atom. The molecule has 2 unspecified atom stereocenters. The lowest BCUT2D eigenvalue weighted by Gasteiger charge is -2.16. The molecule has 1 aromatic heterocycles. The van der Waals surface area contributed by atoms with Crippen molar-refractivity contribution in [2.45, 2.75) is 58.4 Å². The summed E-state index contributed by atoms with van der Waals surface area (Å²) in [5.41, 5.74) is -0.0853. The van der Waals surface area contributed by atoms with Crippen molar-refractivity contribution in [1.82, 2.24) is 4.57 Å². The van der Waals surface area contributed by atoms with Crippen LogP contribution >= 0.6 is 0 Å². The van der Waals surface area contributed by atoms with Crippen molar-refractivity contribution in [1.29, 1.82) is 0 Å². The summed E-state index contributed by atoms with van der Waals surface area (Å²) in [4.78, 5) is 0. The molecular weight excluding hydrogens is 255 g/mol. The van der Waals surface area contributed by atoms with Crippen LogP contribution in [-0.4, -0.2) is 15.8 Å². The molecule has 1 N–H and O–H groups in total. The summed E-state index contributed by atoms with van der Waals surface area (Å²) in [6.45, 7) is 4.93. The Bertz CT molecular complexity index is 373. The maximum atomic E-state index is 12.4. The topological polar surface area (TPSA) is 25.2 Å². The second-order valence-corrected chi connectivity index (χ2v) is 5.00. The molecule has 2 nitrogen and oxygen atoms in total. The minimum atomic E-state index is -4.60. The predicted molar refractivity (Wildman–Crippen MR) is 68.8 cm³/mol. The molecular formula is C14H22F3NO. The molecule has 1 aromatic rings. The van der Waals surface area contributed by atoms with E-state index in [0.29, 0.717) is 12.5 Å². The van der Waals surface area contributed by atoms with Crippen LogP contribution in [0.25, 0.3) is 0 Å². The summed E-state index contributed by atoms with van der Waals surface area (Å²) < 4.78 is 38.9. The number of nitrogens with zero attached hydrogens (tertiary/aromatic N) is 1. The zero-order chi connectivity index (χ0) is 14.5. The van der Waals surface area contributed by atoms with E-state index in [1.54, 1.807) is 10.8 Å². The van der Waals surface area contributed by atoms with E-state index in [1.807, 2.05) is 0 Å². The number of hydrogen-bond acceptors (Lipinski definition) is 1. The maximum Gasteiger partial charge on any atom is 0.418 e. The predicted octanol–water partition coefficient (Wildman–Crippen LogP) is 4.30. The Labute approximate surface area is 112 Å². The summed E-state index contributed by atoms with van der Waals surface area (Å²) in [6.07, 6.45) is 0.379. The number of halogens is 3. The zero-order valence-electron chi connectivity index (χ0n) is 11.5. The number of aliphatic hydroxyl groups excluding tert-OH is 1. The fourth-order valence-corrected chi connectivity index (χ4v) is 2.14. The number of unbranched alkanes of at least 4 members (excludes halogenated alkanes) is 1. The van der Waals surface area contributed by atoms with Crippen LogP contribution in [0.15, 0.2) is 18.5 Å². The van der Waals surface area contributed by atoms with E-state index in [0.717, 1.165) is 25.7 Å². The number of hydrogen-bond donors (Lipinski definition) is 1. The molecule has 1 rings (SSSR count). The van der Waals surface area contributed by atoms with Crippen LogP contribution in [0.3, 0.4) is 0 Å². The van der Waals surface area contributed by atoms with E-state index < -0.39 is 12.3 Å². The third-order valence-corrected chi connectivity index (χ3v) is 3.41. The minimum Gasteiger partial charge on any atom is -0.379 e. The summed E-state index contributed by atoms with van der Waals surface area (Å²) in [7, 11) is 0. The molecule has 2 atom stereocenters. The molecule has 0 bridgehead atoms. The van der Waals surface area contributed by atoms with Gasteiger partial charge in [-0.05, 0) is 18.4 Å². The number of alkyl halides is 3. The highest BCUT2D eigenvalue weighted by molar-refractivity contribution is 5.15. The van der Waals surface area contributed by atoms with Crippen LogP contribution < -0.4 is 0 Å². The van der Waals surface area contributed by atoms with Crippen LogP contribution in [-0.2, 0) is 6.54 Å². The first kappa shape index (κ1) is 16.1. The van der Waals surface area contributed by atoms with Crippen LogP contribution in [0, 0.1) is 5.92 Å². The van der Waals surface area contributed by atoms with Crippen LogP contribution in [0.4, 0.5) is 13.2 Å². The quantitative estimate of drug-likeness (QED) is 0.789. The highest BCUT2D eigenvalue weighted by Gasteiger charge is 2.39. The van der Waals surface area contributed by atoms with Gasteiger partial charge in [0.15, 0.2) is 6.10 Å². The highest BCUT2D eigenvalue weighted by Crippen LogP contribution is 2.32. The fraction of sp³-hybridized carbons (Fsp3) is 0.714. The smallest absolute Gasteiger partial charge is 0.379 e. The number of rotatable bonds is 7. The summed E-state index contributed by atoms with van der Waals surface area (Å²) in [5, 5.41) is 9.16. The van der Waals surface area contributed by atoms with Gasteiger partial charge in [0.1, 0.15) is 0 Å². The van der Waals surface area contributed by atoms with Crippen molar-refractivity contribution in [2.24, 2.45) is 5.92 Å². The molecule has 0 aromatic carbocycles. The lowest BCUT2D eigenvalue weighted by Crippen LogP contribution is -2.19. The SMILES string of the molecule is CCCCC(CC)Cn1ccc(C(O)C(F)(F)F)c1. The van der Waals surface area contributed by atoms with Gasteiger partial charge < -0.3 is 9.67 Å². The molecule has 1 heterocycles. The molecule has 0 radical (unpaired) electrons. The second kappa shape index (κ2) is 6.98. The molecule has 0 saturated heterocycles. The van der Waals surface area contributed by atoms with Crippen molar-refractivity contribution < 1.29 is 18.3 Å². The largest absolute Gasteiger partial charge is 0.418 e. The molecule has 0 amide bonds. The molecule has 0 aliphatic carbocycles. The van der Waals surface area contributed by atoms with Gasteiger partial charge in [-0.25, -0.2) is 0 Å². The Kier molecular flexibility index (Phi) is 5.91. The number of aromatic nitrogens is 1. The van der Waals surface area contributed by atoms with Gasteiger partial charge in [0.25, 0.3) is 0 Å². The molecule has 0 spiro atoms. The van der Waals surface area contributed by atoms with Crippen molar-refractivity contribution in [3.63, 3.8) is 0 Å². The first-order chi connectivity index (χ1) is 8.88. The minimum absolute atomic E-state index is 0.0853. The highest BCUT2D eigenvalue weighted by atomic mass is 19.4. The lowest BCUT2D eigenvalue weighted by atomic mass is 9.99. The molecule has 5 heteroatoms. The summed E-state index contributed by atoms with van der Waals surface area (Å²) in [6, 6.07) is 1.34. The Morgan fingerprint density at radius 3 is 2.53 bits per heavy atom. The molecule has 19 heavy (non-hydrogen) atoms. The van der Waals surface area contributed by atoms with Crippen molar-refractivity contribution >= 4 is 0 Å². The monoisotopic (exact) mass is 277 g/mol. The molecule has 0 aliphatic rings. The van der Waals surface area contributed by atoms with E-state index in [2.05, 4.69) is 13.8 Å². The molecule has 0 saturated carbocycles. The lowest BCUT2D eigenvalue weighted by molar-refractivity contribution is -0.206. The van der Waals surface area contributed by atoms with Crippen molar-refractivity contribution in [3.8, 4) is 0 Å². The average molecular weight is 277 g/mol. The Morgan fingerprint density at radius 2 is 2.00 bits per heavy atom. The van der Waals surface area contributed by atoms with Gasteiger partial charge in [0.2, 0.25) is 0 Å². The van der Waals surface area contributed by atoms with E-state index in [1.165, 1.54) is 12.3 Å². The number of aliphatic hydroxyl groups is 1. The Hall–Kier alpha value is -0.970. The van der Waals surface area contributed by atoms with Crippen LogP contribution in [0.1, 0.15) is 51.2 Å². The zero-order valence-corrected chi connectivity index (χ0v) is 11.5. The van der Waals surface area contributed by atoms with E-state index in [-0.39, 0.29) is 5.56 Å². The van der Waals surface area contributed by atoms with E-state index in [4.69, 9.17) is 5.11 Å². The van der Waals surface area contributed by atoms with Gasteiger partial charge in [-0.2, -0.15) is 13.2 Å². The van der Waals surface area contributed by atoms with Crippen molar-refractivity contribution in [3.05, 3.63) is 24.0 Å². The van der Waals surface area contributed by atoms with Gasteiger partial charge >= 0.3 is 6.18 Å². The van der Waals surface area contributed by atoms with Gasteiger partial charge in [-0.15, -0.1) is 0 Å². The Balaban J connectivity index is 2.63. The van der Waals surface area contributed by atoms with Gasteiger partial charge in [-0.3, -0.25) is 0 Å². The first-order valence-electron chi connectivity index (χ1n) is 6.78. The van der Waals surface area contributed by atoms with E-state index >= 15 is 0 Å². The summed E-state index contributed by atoms with van der Waals surface area (Å²) >= 11 is 0. The summed E-state index contributed by atoms with van der Waals surface area (Å²) in [5.74, 6) is 0.475. The standard InChI is InChI=1S/C14H22F3NO/c1-3-5-6-11(4-2)9-18-8-7-12(10-18)13(19)14(15,16)17/h7-8,10-11,13,19H,3-6,9H2,1-2H3. The maximum absolute atomic E-state index is 12.4. The molecule has 110 valence electrons. The second-order valence-electron chi connectivity index (χ2n) is 5.00. The van der Waals surface area contributed by atoms with Crippen molar-refractivity contribution in [2.75, 3.05) is 0 Å². The van der Waals surface area contributed by atoms with Gasteiger partial charge in [0, 0.05) is 24.5 Å². The first-order valence-corrected chi connectivity index (χ1v) is 6.78. The molecule has 0 aliphatic heterocycles.